The molecule has 1 aromatic heterocycles. The van der Waals surface area contributed by atoms with Crippen LogP contribution in [0.25, 0.3) is 0 Å². The van der Waals surface area contributed by atoms with Gasteiger partial charge >= 0.3 is 0 Å². The molecule has 0 saturated heterocycles. The van der Waals surface area contributed by atoms with Gasteiger partial charge < -0.3 is 10.5 Å². The summed E-state index contributed by atoms with van der Waals surface area (Å²) in [4.78, 5) is 12.2. The molecule has 1 heterocycles. The van der Waals surface area contributed by atoms with Crippen molar-refractivity contribution in [2.45, 2.75) is 6.92 Å². The molecule has 3 rings (SSSR count). The summed E-state index contributed by atoms with van der Waals surface area (Å²) < 4.78 is 33.4. The normalized spacial score (nSPS) is 11.5. The minimum absolute atomic E-state index is 0.220. The Morgan fingerprint density at radius 3 is 2.50 bits per heavy atom. The van der Waals surface area contributed by atoms with Gasteiger partial charge in [-0.1, -0.05) is 6.07 Å². The van der Waals surface area contributed by atoms with Crippen LogP contribution in [0.2, 0.25) is 0 Å². The predicted molar refractivity (Wildman–Crippen MR) is 95.6 cm³/mol. The molecule has 5 nitrogen and oxygen atoms in total. The molecule has 2 N–H and O–H groups in total. The second kappa shape index (κ2) is 7.26. The van der Waals surface area contributed by atoms with Crippen molar-refractivity contribution in [2.24, 2.45) is 4.99 Å². The van der Waals surface area contributed by atoms with E-state index in [1.807, 2.05) is 0 Å². The quantitative estimate of drug-likeness (QED) is 0.721. The molecule has 0 radical (unpaired) electrons. The van der Waals surface area contributed by atoms with E-state index < -0.39 is 11.6 Å². The van der Waals surface area contributed by atoms with Crippen LogP contribution in [0.5, 0.6) is 11.5 Å². The van der Waals surface area contributed by atoms with Crippen molar-refractivity contribution >= 4 is 11.5 Å². The number of aromatic nitrogens is 2. The van der Waals surface area contributed by atoms with E-state index in [4.69, 9.17) is 10.5 Å². The van der Waals surface area contributed by atoms with E-state index in [9.17, 15) is 8.78 Å². The lowest BCUT2D eigenvalue weighted by atomic mass is 10.0. The van der Waals surface area contributed by atoms with Crippen LogP contribution in [0.4, 0.5) is 14.6 Å². The summed E-state index contributed by atoms with van der Waals surface area (Å²) in [5, 5.41) is 0. The maximum Gasteiger partial charge on any atom is 0.136 e. The lowest BCUT2D eigenvalue weighted by Crippen LogP contribution is -2.13. The van der Waals surface area contributed by atoms with Crippen LogP contribution in [0.1, 0.15) is 16.8 Å². The minimum Gasteiger partial charge on any atom is -0.457 e. The van der Waals surface area contributed by atoms with Crippen molar-refractivity contribution in [2.75, 3.05) is 12.8 Å². The number of rotatable bonds is 4. The van der Waals surface area contributed by atoms with Crippen LogP contribution in [0.3, 0.4) is 0 Å². The van der Waals surface area contributed by atoms with Gasteiger partial charge in [-0.05, 0) is 31.2 Å². The molecule has 0 spiro atoms. The number of benzene rings is 2. The molecule has 0 unspecified atom stereocenters. The molecule has 0 aliphatic carbocycles. The van der Waals surface area contributed by atoms with Crippen LogP contribution in [0.15, 0.2) is 53.8 Å². The molecule has 0 amide bonds. The largest absolute Gasteiger partial charge is 0.457 e. The van der Waals surface area contributed by atoms with Crippen LogP contribution in [0, 0.1) is 18.6 Å². The van der Waals surface area contributed by atoms with Gasteiger partial charge in [0.1, 0.15) is 35.3 Å². The van der Waals surface area contributed by atoms with E-state index in [1.54, 1.807) is 19.1 Å². The summed E-state index contributed by atoms with van der Waals surface area (Å²) >= 11 is 0. The Bertz CT molecular complexity index is 969. The van der Waals surface area contributed by atoms with E-state index in [0.29, 0.717) is 17.0 Å². The van der Waals surface area contributed by atoms with Crippen molar-refractivity contribution in [1.29, 1.82) is 0 Å². The van der Waals surface area contributed by atoms with E-state index in [0.717, 1.165) is 0 Å². The van der Waals surface area contributed by atoms with Gasteiger partial charge in [0.2, 0.25) is 0 Å². The number of anilines is 1. The highest BCUT2D eigenvalue weighted by atomic mass is 19.1. The van der Waals surface area contributed by atoms with Crippen molar-refractivity contribution < 1.29 is 13.5 Å². The van der Waals surface area contributed by atoms with Gasteiger partial charge in [0, 0.05) is 24.7 Å². The highest BCUT2D eigenvalue weighted by molar-refractivity contribution is 6.16. The molecule has 0 bridgehead atoms. The maximum atomic E-state index is 14.7. The Hall–Kier alpha value is -3.35. The SMILES string of the molecule is CN=C(c1ccc(Oc2cccc(F)c2)cc1F)c1c(C)ncnc1N. The standard InChI is InChI=1S/C19H16F2N4O/c1-11-17(19(22)25-10-24-11)18(23-2)15-7-6-14(9-16(15)21)26-13-5-3-4-12(20)8-13/h3-10H,1-2H3,(H2,22,24,25). The fourth-order valence-corrected chi connectivity index (χ4v) is 2.57. The van der Waals surface area contributed by atoms with E-state index in [1.165, 1.54) is 43.7 Å². The van der Waals surface area contributed by atoms with Gasteiger partial charge in [0.05, 0.1) is 17.0 Å². The summed E-state index contributed by atoms with van der Waals surface area (Å²) in [6, 6.07) is 9.92. The smallest absolute Gasteiger partial charge is 0.136 e. The molecular weight excluding hydrogens is 338 g/mol. The van der Waals surface area contributed by atoms with Gasteiger partial charge in [-0.3, -0.25) is 4.99 Å². The van der Waals surface area contributed by atoms with Gasteiger partial charge in [-0.15, -0.1) is 0 Å². The third-order valence-electron chi connectivity index (χ3n) is 3.75. The second-order valence-corrected chi connectivity index (χ2v) is 5.49. The molecule has 3 aromatic rings. The Balaban J connectivity index is 1.96. The monoisotopic (exact) mass is 354 g/mol. The predicted octanol–water partition coefficient (Wildman–Crippen LogP) is 3.90. The zero-order valence-electron chi connectivity index (χ0n) is 14.2. The Morgan fingerprint density at radius 1 is 1.08 bits per heavy atom. The number of halogens is 2. The van der Waals surface area contributed by atoms with E-state index in [2.05, 4.69) is 15.0 Å². The highest BCUT2D eigenvalue weighted by Gasteiger charge is 2.18. The topological polar surface area (TPSA) is 73.4 Å². The van der Waals surface area contributed by atoms with Crippen molar-refractivity contribution in [3.8, 4) is 11.5 Å². The number of hydrogen-bond acceptors (Lipinski definition) is 5. The molecular formula is C19H16F2N4O. The summed E-state index contributed by atoms with van der Waals surface area (Å²) in [5.74, 6) is -0.255. The number of nitrogen functional groups attached to an aromatic ring is 1. The highest BCUT2D eigenvalue weighted by Crippen LogP contribution is 2.26. The molecule has 0 aliphatic heterocycles. The number of nitrogens with two attached hydrogens (primary N) is 1. The molecule has 132 valence electrons. The zero-order chi connectivity index (χ0) is 18.7. The first kappa shape index (κ1) is 17.5. The van der Waals surface area contributed by atoms with Crippen LogP contribution in [-0.4, -0.2) is 22.7 Å². The van der Waals surface area contributed by atoms with Crippen molar-refractivity contribution in [3.63, 3.8) is 0 Å². The van der Waals surface area contributed by atoms with E-state index >= 15 is 0 Å². The van der Waals surface area contributed by atoms with Crippen molar-refractivity contribution in [1.82, 2.24) is 9.97 Å². The third kappa shape index (κ3) is 3.51. The summed E-state index contributed by atoms with van der Waals surface area (Å²) in [7, 11) is 1.54. The molecule has 26 heavy (non-hydrogen) atoms. The number of aliphatic imine (C=N–C) groups is 1. The minimum atomic E-state index is -0.554. The maximum absolute atomic E-state index is 14.7. The Morgan fingerprint density at radius 2 is 1.85 bits per heavy atom. The summed E-state index contributed by atoms with van der Waals surface area (Å²) in [6.45, 7) is 1.75. The first-order valence-corrected chi connectivity index (χ1v) is 7.77. The molecule has 0 aliphatic rings. The van der Waals surface area contributed by atoms with Gasteiger partial charge in [-0.2, -0.15) is 0 Å². The first-order valence-electron chi connectivity index (χ1n) is 7.77. The number of aryl methyl sites for hydroxylation is 1. The lowest BCUT2D eigenvalue weighted by molar-refractivity contribution is 0.471. The summed E-state index contributed by atoms with van der Waals surface area (Å²) in [5.41, 5.74) is 7.57. The van der Waals surface area contributed by atoms with Crippen LogP contribution >= 0.6 is 0 Å². The average Bonchev–Trinajstić information content (AvgIpc) is 2.59. The van der Waals surface area contributed by atoms with E-state index in [-0.39, 0.29) is 22.9 Å². The van der Waals surface area contributed by atoms with Crippen LogP contribution in [-0.2, 0) is 0 Å². The number of nitrogens with zero attached hydrogens (tertiary/aromatic N) is 3. The van der Waals surface area contributed by atoms with Gasteiger partial charge in [0.15, 0.2) is 0 Å². The summed E-state index contributed by atoms with van der Waals surface area (Å²) in [6.07, 6.45) is 1.34. The zero-order valence-corrected chi connectivity index (χ0v) is 14.2. The lowest BCUT2D eigenvalue weighted by Gasteiger charge is -2.13. The fraction of sp³-hybridized carbons (Fsp3) is 0.105. The second-order valence-electron chi connectivity index (χ2n) is 5.49. The fourth-order valence-electron chi connectivity index (χ4n) is 2.57. The van der Waals surface area contributed by atoms with Gasteiger partial charge in [0.25, 0.3) is 0 Å². The average molecular weight is 354 g/mol. The van der Waals surface area contributed by atoms with Gasteiger partial charge in [-0.25, -0.2) is 18.7 Å². The Kier molecular flexibility index (Phi) is 4.88. The molecule has 0 fully saturated rings. The third-order valence-corrected chi connectivity index (χ3v) is 3.75. The Labute approximate surface area is 149 Å². The number of ether oxygens (including phenoxy) is 1. The molecule has 7 heteroatoms. The van der Waals surface area contributed by atoms with Crippen molar-refractivity contribution in [3.05, 3.63) is 77.2 Å². The number of hydrogen-bond donors (Lipinski definition) is 1. The molecule has 0 saturated carbocycles. The molecule has 2 aromatic carbocycles. The first-order chi connectivity index (χ1) is 12.5. The van der Waals surface area contributed by atoms with Crippen LogP contribution < -0.4 is 10.5 Å². The molecule has 0 atom stereocenters.